The standard InChI is InChI=1S/C15H7F6NO/c16-14(17,18)12-4-1-9(2-5-12)10-3-6-13(11(7-10)8-22)23-15(19,20)21/h1-7H. The van der Waals surface area contributed by atoms with Crippen LogP contribution in [0.3, 0.4) is 0 Å². The molecule has 2 aromatic rings. The highest BCUT2D eigenvalue weighted by molar-refractivity contribution is 5.67. The van der Waals surface area contributed by atoms with Crippen molar-refractivity contribution in [1.82, 2.24) is 0 Å². The third-order valence-corrected chi connectivity index (χ3v) is 2.87. The molecule has 0 unspecified atom stereocenters. The molecule has 0 amide bonds. The molecule has 120 valence electrons. The molecule has 0 saturated carbocycles. The van der Waals surface area contributed by atoms with Gasteiger partial charge in [0.05, 0.1) is 11.1 Å². The molecule has 2 aromatic carbocycles. The van der Waals surface area contributed by atoms with Gasteiger partial charge in [0.25, 0.3) is 0 Å². The molecule has 0 bridgehead atoms. The first kappa shape index (κ1) is 16.7. The lowest BCUT2D eigenvalue weighted by Crippen LogP contribution is -2.17. The Balaban J connectivity index is 2.36. The van der Waals surface area contributed by atoms with Crippen molar-refractivity contribution in [2.45, 2.75) is 12.5 Å². The SMILES string of the molecule is N#Cc1cc(-c2ccc(C(F)(F)F)cc2)ccc1OC(F)(F)F. The molecule has 0 radical (unpaired) electrons. The van der Waals surface area contributed by atoms with Crippen LogP contribution in [0, 0.1) is 11.3 Å². The zero-order valence-electron chi connectivity index (χ0n) is 11.2. The summed E-state index contributed by atoms with van der Waals surface area (Å²) in [7, 11) is 0. The number of ether oxygens (including phenoxy) is 1. The molecule has 8 heteroatoms. The summed E-state index contributed by atoms with van der Waals surface area (Å²) in [4.78, 5) is 0. The summed E-state index contributed by atoms with van der Waals surface area (Å²) in [5.41, 5.74) is -0.601. The molecule has 0 aliphatic rings. The Morgan fingerprint density at radius 3 is 1.87 bits per heavy atom. The molecule has 0 spiro atoms. The van der Waals surface area contributed by atoms with E-state index in [2.05, 4.69) is 4.74 Å². The molecule has 2 rings (SSSR count). The minimum absolute atomic E-state index is 0.296. The molecule has 23 heavy (non-hydrogen) atoms. The molecular formula is C15H7F6NO. The van der Waals surface area contributed by atoms with Gasteiger partial charge < -0.3 is 4.74 Å². The number of benzene rings is 2. The van der Waals surface area contributed by atoms with E-state index in [0.717, 1.165) is 24.3 Å². The van der Waals surface area contributed by atoms with E-state index in [1.165, 1.54) is 18.2 Å². The van der Waals surface area contributed by atoms with Crippen molar-refractivity contribution in [2.75, 3.05) is 0 Å². The summed E-state index contributed by atoms with van der Waals surface area (Å²) in [6, 6.07) is 8.88. The largest absolute Gasteiger partial charge is 0.573 e. The summed E-state index contributed by atoms with van der Waals surface area (Å²) < 4.78 is 77.8. The van der Waals surface area contributed by atoms with Crippen LogP contribution >= 0.6 is 0 Å². The van der Waals surface area contributed by atoms with Gasteiger partial charge in [0.15, 0.2) is 0 Å². The lowest BCUT2D eigenvalue weighted by molar-refractivity contribution is -0.274. The summed E-state index contributed by atoms with van der Waals surface area (Å²) in [6.45, 7) is 0. The van der Waals surface area contributed by atoms with Crippen LogP contribution < -0.4 is 4.74 Å². The molecule has 2 nitrogen and oxygen atoms in total. The second kappa shape index (κ2) is 5.83. The number of hydrogen-bond donors (Lipinski definition) is 0. The Hall–Kier alpha value is -2.69. The maximum atomic E-state index is 12.5. The first-order valence-electron chi connectivity index (χ1n) is 6.08. The van der Waals surface area contributed by atoms with E-state index in [1.54, 1.807) is 6.07 Å². The summed E-state index contributed by atoms with van der Waals surface area (Å²) in [6.07, 6.45) is -9.43. The maximum absolute atomic E-state index is 12.5. The molecule has 0 aromatic heterocycles. The Morgan fingerprint density at radius 2 is 1.39 bits per heavy atom. The van der Waals surface area contributed by atoms with Crippen molar-refractivity contribution in [3.63, 3.8) is 0 Å². The molecular weight excluding hydrogens is 324 g/mol. The summed E-state index contributed by atoms with van der Waals surface area (Å²) in [5.74, 6) is -0.671. The van der Waals surface area contributed by atoms with Crippen molar-refractivity contribution in [1.29, 1.82) is 5.26 Å². The molecule has 0 aliphatic heterocycles. The second-order valence-electron chi connectivity index (χ2n) is 4.45. The van der Waals surface area contributed by atoms with Gasteiger partial charge in [-0.15, -0.1) is 13.2 Å². The van der Waals surface area contributed by atoms with E-state index in [-0.39, 0.29) is 5.56 Å². The Bertz CT molecular complexity index is 741. The lowest BCUT2D eigenvalue weighted by atomic mass is 10.0. The highest BCUT2D eigenvalue weighted by Crippen LogP contribution is 2.33. The third kappa shape index (κ3) is 4.16. The number of alkyl halides is 6. The fourth-order valence-electron chi connectivity index (χ4n) is 1.86. The van der Waals surface area contributed by atoms with Gasteiger partial charge in [0, 0.05) is 0 Å². The number of rotatable bonds is 2. The van der Waals surface area contributed by atoms with E-state index < -0.39 is 23.9 Å². The van der Waals surface area contributed by atoms with Crippen molar-refractivity contribution >= 4 is 0 Å². The Kier molecular flexibility index (Phi) is 4.23. The predicted octanol–water partition coefficient (Wildman–Crippen LogP) is 5.14. The van der Waals surface area contributed by atoms with Crippen LogP contribution in [0.2, 0.25) is 0 Å². The molecule has 0 fully saturated rings. The predicted molar refractivity (Wildman–Crippen MR) is 68.3 cm³/mol. The van der Waals surface area contributed by atoms with E-state index in [1.807, 2.05) is 0 Å². The maximum Gasteiger partial charge on any atom is 0.573 e. The number of nitriles is 1. The van der Waals surface area contributed by atoms with E-state index in [0.29, 0.717) is 11.1 Å². The van der Waals surface area contributed by atoms with Crippen molar-refractivity contribution in [3.8, 4) is 22.9 Å². The first-order chi connectivity index (χ1) is 10.6. The van der Waals surface area contributed by atoms with E-state index >= 15 is 0 Å². The van der Waals surface area contributed by atoms with Crippen LogP contribution in [0.15, 0.2) is 42.5 Å². The van der Waals surface area contributed by atoms with E-state index in [4.69, 9.17) is 5.26 Å². The van der Waals surface area contributed by atoms with Crippen LogP contribution in [0.25, 0.3) is 11.1 Å². The van der Waals surface area contributed by atoms with Gasteiger partial charge in [-0.25, -0.2) is 0 Å². The van der Waals surface area contributed by atoms with Crippen LogP contribution in [-0.4, -0.2) is 6.36 Å². The van der Waals surface area contributed by atoms with Crippen molar-refractivity contribution in [3.05, 3.63) is 53.6 Å². The average Bonchev–Trinajstić information content (AvgIpc) is 2.45. The lowest BCUT2D eigenvalue weighted by Gasteiger charge is -2.12. The average molecular weight is 331 g/mol. The van der Waals surface area contributed by atoms with Crippen LogP contribution in [0.5, 0.6) is 5.75 Å². The van der Waals surface area contributed by atoms with Crippen molar-refractivity contribution in [2.24, 2.45) is 0 Å². The zero-order chi connectivity index (χ0) is 17.3. The highest BCUT2D eigenvalue weighted by Gasteiger charge is 2.32. The van der Waals surface area contributed by atoms with Gasteiger partial charge in [0.2, 0.25) is 0 Å². The topological polar surface area (TPSA) is 33.0 Å². The van der Waals surface area contributed by atoms with Gasteiger partial charge in [-0.3, -0.25) is 0 Å². The molecule has 0 aliphatic carbocycles. The fourth-order valence-corrected chi connectivity index (χ4v) is 1.86. The number of nitrogens with zero attached hydrogens (tertiary/aromatic N) is 1. The van der Waals surface area contributed by atoms with Gasteiger partial charge in [-0.1, -0.05) is 18.2 Å². The third-order valence-electron chi connectivity index (χ3n) is 2.87. The summed E-state index contributed by atoms with van der Waals surface area (Å²) >= 11 is 0. The smallest absolute Gasteiger partial charge is 0.404 e. The van der Waals surface area contributed by atoms with Gasteiger partial charge in [-0.05, 0) is 35.4 Å². The Morgan fingerprint density at radius 1 is 0.826 bits per heavy atom. The van der Waals surface area contributed by atoms with Gasteiger partial charge >= 0.3 is 12.5 Å². The molecule has 0 saturated heterocycles. The van der Waals surface area contributed by atoms with Gasteiger partial charge in [-0.2, -0.15) is 18.4 Å². The van der Waals surface area contributed by atoms with Crippen LogP contribution in [0.1, 0.15) is 11.1 Å². The zero-order valence-corrected chi connectivity index (χ0v) is 11.2. The molecule has 0 atom stereocenters. The number of halogens is 6. The quantitative estimate of drug-likeness (QED) is 0.714. The monoisotopic (exact) mass is 331 g/mol. The van der Waals surface area contributed by atoms with E-state index in [9.17, 15) is 26.3 Å². The van der Waals surface area contributed by atoms with Crippen LogP contribution in [-0.2, 0) is 6.18 Å². The summed E-state index contributed by atoms with van der Waals surface area (Å²) in [5, 5.41) is 8.89. The number of hydrogen-bond acceptors (Lipinski definition) is 2. The van der Waals surface area contributed by atoms with Crippen molar-refractivity contribution < 1.29 is 31.1 Å². The molecule has 0 N–H and O–H groups in total. The normalized spacial score (nSPS) is 11.9. The van der Waals surface area contributed by atoms with Crippen LogP contribution in [0.4, 0.5) is 26.3 Å². The Labute approximate surface area is 126 Å². The fraction of sp³-hybridized carbons (Fsp3) is 0.133. The molecule has 0 heterocycles. The highest BCUT2D eigenvalue weighted by atomic mass is 19.4. The minimum atomic E-state index is -4.94. The second-order valence-corrected chi connectivity index (χ2v) is 4.45. The first-order valence-corrected chi connectivity index (χ1v) is 6.08. The minimum Gasteiger partial charge on any atom is -0.404 e. The van der Waals surface area contributed by atoms with Gasteiger partial charge in [0.1, 0.15) is 11.8 Å².